The van der Waals surface area contributed by atoms with Crippen LogP contribution in [-0.4, -0.2) is 47.2 Å². The number of nitrogens with zero attached hydrogens (tertiary/aromatic N) is 3. The molecule has 0 atom stereocenters. The van der Waals surface area contributed by atoms with Gasteiger partial charge in [-0.15, -0.1) is 0 Å². The second-order valence-corrected chi connectivity index (χ2v) is 7.28. The second-order valence-electron chi connectivity index (χ2n) is 6.36. The Hall–Kier alpha value is -1.24. The van der Waals surface area contributed by atoms with Crippen LogP contribution in [-0.2, 0) is 4.74 Å². The summed E-state index contributed by atoms with van der Waals surface area (Å²) in [5.41, 5.74) is 6.52. The first kappa shape index (κ1) is 21.1. The molecule has 2 fully saturated rings. The van der Waals surface area contributed by atoms with Gasteiger partial charge in [-0.2, -0.15) is 0 Å². The van der Waals surface area contributed by atoms with E-state index in [2.05, 4.69) is 30.8 Å². The van der Waals surface area contributed by atoms with Crippen LogP contribution in [0.5, 0.6) is 0 Å². The van der Waals surface area contributed by atoms with Gasteiger partial charge in [0.15, 0.2) is 0 Å². The molecule has 2 N–H and O–H groups in total. The predicted octanol–water partition coefficient (Wildman–Crippen LogP) is 4.65. The fourth-order valence-corrected chi connectivity index (χ4v) is 3.80. The summed E-state index contributed by atoms with van der Waals surface area (Å²) in [6.45, 7) is 8.25. The van der Waals surface area contributed by atoms with Gasteiger partial charge in [-0.3, -0.25) is 4.90 Å². The number of fused-ring (bicyclic) bond motifs is 1. The van der Waals surface area contributed by atoms with Crippen molar-refractivity contribution in [2.45, 2.75) is 52.0 Å². The molecule has 1 aromatic carbocycles. The van der Waals surface area contributed by atoms with E-state index in [0.717, 1.165) is 34.6 Å². The average Bonchev–Trinajstić information content (AvgIpc) is 2.72. The van der Waals surface area contributed by atoms with E-state index in [-0.39, 0.29) is 0 Å². The van der Waals surface area contributed by atoms with Crippen LogP contribution in [0, 0.1) is 0 Å². The molecule has 1 aliphatic heterocycles. The number of ether oxygens (including phenoxy) is 1. The Bertz CT molecular complexity index is 639. The lowest BCUT2D eigenvalue weighted by Gasteiger charge is -2.36. The molecule has 0 amide bonds. The third-order valence-corrected chi connectivity index (χ3v) is 5.26. The van der Waals surface area contributed by atoms with Crippen LogP contribution in [0.15, 0.2) is 29.0 Å². The largest absolute Gasteiger partial charge is 0.383 e. The minimum Gasteiger partial charge on any atom is -0.383 e. The molecular formula is C20H31BrN4O. The summed E-state index contributed by atoms with van der Waals surface area (Å²) < 4.78 is 6.33. The average molecular weight is 423 g/mol. The van der Waals surface area contributed by atoms with Crippen molar-refractivity contribution in [2.75, 3.05) is 32.0 Å². The fourth-order valence-electron chi connectivity index (χ4n) is 3.44. The zero-order valence-electron chi connectivity index (χ0n) is 16.0. The summed E-state index contributed by atoms with van der Waals surface area (Å²) in [5.74, 6) is 0.515. The van der Waals surface area contributed by atoms with E-state index < -0.39 is 0 Å². The number of hydrogen-bond donors (Lipinski definition) is 1. The van der Waals surface area contributed by atoms with Crippen LogP contribution >= 0.6 is 15.9 Å². The highest BCUT2D eigenvalue weighted by molar-refractivity contribution is 9.10. The Kier molecular flexibility index (Phi) is 9.29. The van der Waals surface area contributed by atoms with E-state index in [0.29, 0.717) is 5.82 Å². The molecule has 144 valence electrons. The van der Waals surface area contributed by atoms with Gasteiger partial charge in [0.05, 0.1) is 18.7 Å². The molecule has 1 saturated heterocycles. The Morgan fingerprint density at radius 1 is 1.08 bits per heavy atom. The summed E-state index contributed by atoms with van der Waals surface area (Å²) in [6.07, 6.45) is 8.68. The van der Waals surface area contributed by atoms with Gasteiger partial charge in [-0.25, -0.2) is 9.97 Å². The van der Waals surface area contributed by atoms with E-state index in [1.165, 1.54) is 51.5 Å². The number of halogens is 1. The van der Waals surface area contributed by atoms with Crippen molar-refractivity contribution < 1.29 is 4.74 Å². The summed E-state index contributed by atoms with van der Waals surface area (Å²) in [5, 5.41) is 0.881. The van der Waals surface area contributed by atoms with Gasteiger partial charge in [-0.05, 0) is 31.0 Å². The Balaban J connectivity index is 0.000000171. The number of nitrogens with two attached hydrogens (primary N) is 1. The van der Waals surface area contributed by atoms with Crippen molar-refractivity contribution in [3.8, 4) is 0 Å². The van der Waals surface area contributed by atoms with Gasteiger partial charge in [0.2, 0.25) is 0 Å². The molecule has 1 aliphatic carbocycles. The first-order valence-corrected chi connectivity index (χ1v) is 10.5. The maximum absolute atomic E-state index is 5.65. The Labute approximate surface area is 165 Å². The quantitative estimate of drug-likeness (QED) is 0.723. The van der Waals surface area contributed by atoms with Crippen molar-refractivity contribution >= 4 is 32.7 Å². The lowest BCUT2D eigenvalue weighted by Crippen LogP contribution is -2.44. The van der Waals surface area contributed by atoms with E-state index in [4.69, 9.17) is 10.5 Å². The van der Waals surface area contributed by atoms with E-state index >= 15 is 0 Å². The molecule has 26 heavy (non-hydrogen) atoms. The van der Waals surface area contributed by atoms with Crippen molar-refractivity contribution in [3.63, 3.8) is 0 Å². The third-order valence-electron chi connectivity index (χ3n) is 4.76. The van der Waals surface area contributed by atoms with Crippen LogP contribution in [0.25, 0.3) is 10.9 Å². The first-order valence-electron chi connectivity index (χ1n) is 9.71. The molecule has 0 unspecified atom stereocenters. The molecule has 6 heteroatoms. The van der Waals surface area contributed by atoms with Gasteiger partial charge in [0.1, 0.15) is 12.1 Å². The minimum atomic E-state index is 0.515. The highest BCUT2D eigenvalue weighted by Gasteiger charge is 2.22. The van der Waals surface area contributed by atoms with Gasteiger partial charge in [0, 0.05) is 29.0 Å². The van der Waals surface area contributed by atoms with Crippen molar-refractivity contribution in [1.29, 1.82) is 0 Å². The summed E-state index contributed by atoms with van der Waals surface area (Å²) in [4.78, 5) is 10.6. The molecular weight excluding hydrogens is 392 g/mol. The van der Waals surface area contributed by atoms with Crippen molar-refractivity contribution in [3.05, 3.63) is 29.0 Å². The van der Waals surface area contributed by atoms with Crippen LogP contribution in [0.1, 0.15) is 46.0 Å². The van der Waals surface area contributed by atoms with Crippen molar-refractivity contribution in [1.82, 2.24) is 14.9 Å². The van der Waals surface area contributed by atoms with Crippen molar-refractivity contribution in [2.24, 2.45) is 0 Å². The molecule has 1 saturated carbocycles. The maximum Gasteiger partial charge on any atom is 0.134 e. The fraction of sp³-hybridized carbons (Fsp3) is 0.600. The number of anilines is 1. The molecule has 0 bridgehead atoms. The van der Waals surface area contributed by atoms with Gasteiger partial charge >= 0.3 is 0 Å². The molecule has 2 aromatic rings. The zero-order chi connectivity index (χ0) is 18.8. The lowest BCUT2D eigenvalue weighted by molar-refractivity contribution is 0.00858. The number of rotatable bonds is 1. The monoisotopic (exact) mass is 422 g/mol. The molecule has 2 aliphatic rings. The predicted molar refractivity (Wildman–Crippen MR) is 112 cm³/mol. The summed E-state index contributed by atoms with van der Waals surface area (Å²) >= 11 is 3.36. The maximum atomic E-state index is 5.65. The van der Waals surface area contributed by atoms with Gasteiger partial charge in [0.25, 0.3) is 0 Å². The number of aromatic nitrogens is 2. The second kappa shape index (κ2) is 11.5. The third kappa shape index (κ3) is 6.18. The van der Waals surface area contributed by atoms with E-state index in [9.17, 15) is 0 Å². The molecule has 1 aromatic heterocycles. The highest BCUT2D eigenvalue weighted by Crippen LogP contribution is 2.23. The topological polar surface area (TPSA) is 64.3 Å². The Morgan fingerprint density at radius 2 is 1.77 bits per heavy atom. The van der Waals surface area contributed by atoms with Crippen LogP contribution in [0.3, 0.4) is 0 Å². The number of benzene rings is 1. The molecule has 4 rings (SSSR count). The summed E-state index contributed by atoms with van der Waals surface area (Å²) in [6, 6.07) is 6.62. The Morgan fingerprint density at radius 3 is 2.46 bits per heavy atom. The number of morpholine rings is 1. The first-order chi connectivity index (χ1) is 12.7. The standard InChI is InChI=1S/C10H19NO.C8H6BrN3.C2H6/c1-2-4-10(5-3-1)11-6-8-12-9-7-11;9-5-1-2-7-6(3-5)8(10)12-4-11-7;1-2/h10H,1-9H2;1-4H,(H2,10,11,12);1-2H3. The molecule has 2 heterocycles. The van der Waals surface area contributed by atoms with Crippen LogP contribution < -0.4 is 5.73 Å². The molecule has 0 radical (unpaired) electrons. The summed E-state index contributed by atoms with van der Waals surface area (Å²) in [7, 11) is 0. The van der Waals surface area contributed by atoms with Crippen LogP contribution in [0.4, 0.5) is 5.82 Å². The smallest absolute Gasteiger partial charge is 0.134 e. The minimum absolute atomic E-state index is 0.515. The van der Waals surface area contributed by atoms with Gasteiger partial charge < -0.3 is 10.5 Å². The normalized spacial score (nSPS) is 18.4. The van der Waals surface area contributed by atoms with Gasteiger partial charge in [-0.1, -0.05) is 49.0 Å². The molecule has 0 spiro atoms. The zero-order valence-corrected chi connectivity index (χ0v) is 17.5. The van der Waals surface area contributed by atoms with E-state index in [1.54, 1.807) is 0 Å². The van der Waals surface area contributed by atoms with Crippen LogP contribution in [0.2, 0.25) is 0 Å². The number of nitrogen functional groups attached to an aromatic ring is 1. The lowest BCUT2D eigenvalue weighted by atomic mass is 9.94. The SMILES string of the molecule is C1CCC(N2CCOCC2)CC1.CC.Nc1ncnc2ccc(Br)cc12. The molecule has 5 nitrogen and oxygen atoms in total. The highest BCUT2D eigenvalue weighted by atomic mass is 79.9. The number of hydrogen-bond acceptors (Lipinski definition) is 5. The van der Waals surface area contributed by atoms with E-state index in [1.807, 2.05) is 32.0 Å².